The molecule has 1 atom stereocenters. The smallest absolute Gasteiger partial charge is 0.335 e. The van der Waals surface area contributed by atoms with Crippen molar-refractivity contribution in [3.05, 3.63) is 76.5 Å². The Labute approximate surface area is 215 Å². The molecule has 9 heteroatoms. The van der Waals surface area contributed by atoms with Crippen LogP contribution in [0.5, 0.6) is 0 Å². The number of carbonyl (C=O) groups is 1. The van der Waals surface area contributed by atoms with E-state index in [-0.39, 0.29) is 11.6 Å². The number of aromatic nitrogens is 5. The maximum absolute atomic E-state index is 11.9. The third-order valence-corrected chi connectivity index (χ3v) is 7.61. The quantitative estimate of drug-likeness (QED) is 0.315. The van der Waals surface area contributed by atoms with Gasteiger partial charge in [0.2, 0.25) is 0 Å². The first-order valence-electron chi connectivity index (χ1n) is 11.9. The zero-order valence-electron chi connectivity index (χ0n) is 19.6. The van der Waals surface area contributed by atoms with Crippen LogP contribution in [-0.4, -0.2) is 48.8 Å². The molecule has 6 rings (SSSR count). The minimum atomic E-state index is -0.949. The van der Waals surface area contributed by atoms with Gasteiger partial charge in [-0.1, -0.05) is 35.5 Å². The largest absolute Gasteiger partial charge is 0.478 e. The van der Waals surface area contributed by atoms with Gasteiger partial charge in [-0.25, -0.2) is 9.48 Å². The number of nitrogens with zero attached hydrogens (tertiary/aromatic N) is 5. The van der Waals surface area contributed by atoms with E-state index < -0.39 is 5.97 Å². The van der Waals surface area contributed by atoms with E-state index in [0.717, 1.165) is 46.0 Å². The van der Waals surface area contributed by atoms with Crippen molar-refractivity contribution in [1.29, 1.82) is 0 Å². The predicted molar refractivity (Wildman–Crippen MR) is 140 cm³/mol. The Balaban J connectivity index is 1.69. The monoisotopic (exact) mass is 545 g/mol. The van der Waals surface area contributed by atoms with E-state index in [2.05, 4.69) is 61.1 Å². The molecule has 5 aromatic rings. The second kappa shape index (κ2) is 9.15. The minimum Gasteiger partial charge on any atom is -0.478 e. The Kier molecular flexibility index (Phi) is 5.81. The number of fused-ring (bicyclic) bond motifs is 3. The van der Waals surface area contributed by atoms with Gasteiger partial charge in [-0.15, -0.1) is 5.10 Å². The molecule has 1 fully saturated rings. The zero-order valence-corrected chi connectivity index (χ0v) is 21.2. The summed E-state index contributed by atoms with van der Waals surface area (Å²) >= 11 is 3.52. The maximum atomic E-state index is 11.9. The van der Waals surface area contributed by atoms with Gasteiger partial charge in [-0.2, -0.15) is 0 Å². The van der Waals surface area contributed by atoms with Crippen molar-refractivity contribution in [1.82, 2.24) is 24.5 Å². The number of benzene rings is 2. The Morgan fingerprint density at radius 3 is 2.58 bits per heavy atom. The molecule has 182 valence electrons. The van der Waals surface area contributed by atoms with E-state index in [1.54, 1.807) is 16.8 Å². The Hall–Kier alpha value is -3.56. The lowest BCUT2D eigenvalue weighted by molar-refractivity contribution is 0.0553. The molecule has 1 aliphatic rings. The second-order valence-corrected chi connectivity index (χ2v) is 9.91. The topological polar surface area (TPSA) is 95.1 Å². The van der Waals surface area contributed by atoms with Crippen molar-refractivity contribution in [3.63, 3.8) is 0 Å². The van der Waals surface area contributed by atoms with Gasteiger partial charge >= 0.3 is 5.97 Å². The third kappa shape index (κ3) is 3.79. The van der Waals surface area contributed by atoms with E-state index in [1.165, 1.54) is 5.56 Å². The number of hydrogen-bond donors (Lipinski definition) is 1. The van der Waals surface area contributed by atoms with Gasteiger partial charge < -0.3 is 14.4 Å². The number of aryl methyl sites for hydroxylation is 1. The van der Waals surface area contributed by atoms with Crippen LogP contribution in [0.4, 0.5) is 0 Å². The summed E-state index contributed by atoms with van der Waals surface area (Å²) in [6.45, 7) is 1.42. The number of carboxylic acids is 1. The van der Waals surface area contributed by atoms with Crippen molar-refractivity contribution in [2.75, 3.05) is 13.2 Å². The average Bonchev–Trinajstić information content (AvgIpc) is 3.41. The highest BCUT2D eigenvalue weighted by atomic mass is 79.9. The molecule has 0 spiro atoms. The number of rotatable bonds is 5. The molecule has 1 N–H and O–H groups in total. The van der Waals surface area contributed by atoms with Crippen LogP contribution in [0.1, 0.15) is 34.8 Å². The van der Waals surface area contributed by atoms with Crippen LogP contribution in [0.2, 0.25) is 0 Å². The summed E-state index contributed by atoms with van der Waals surface area (Å²) in [5, 5.41) is 19.0. The average molecular weight is 546 g/mol. The summed E-state index contributed by atoms with van der Waals surface area (Å²) in [7, 11) is 1.85. The number of carboxylic acid groups (broad SMARTS) is 1. The molecule has 0 bridgehead atoms. The van der Waals surface area contributed by atoms with E-state index in [0.29, 0.717) is 23.7 Å². The molecule has 36 heavy (non-hydrogen) atoms. The van der Waals surface area contributed by atoms with Crippen LogP contribution in [-0.2, 0) is 11.8 Å². The fourth-order valence-electron chi connectivity index (χ4n) is 5.42. The lowest BCUT2D eigenvalue weighted by Gasteiger charge is -2.33. The molecule has 1 saturated heterocycles. The molecule has 0 saturated carbocycles. The first-order valence-corrected chi connectivity index (χ1v) is 12.7. The SMILES string of the molecule is Cn1nnc(Br)c1-c1cnc2c3ccc(C(=O)O)cc3n(C(c3ccccc3)C3CCOCC3)c2c1. The van der Waals surface area contributed by atoms with E-state index in [1.807, 2.05) is 25.4 Å². The molecule has 4 heterocycles. The Bertz CT molecular complexity index is 1570. The van der Waals surface area contributed by atoms with Crippen molar-refractivity contribution >= 4 is 43.8 Å². The molecule has 2 aromatic carbocycles. The summed E-state index contributed by atoms with van der Waals surface area (Å²) in [6, 6.07) is 17.8. The van der Waals surface area contributed by atoms with E-state index in [9.17, 15) is 9.90 Å². The fraction of sp³-hybridized carbons (Fsp3) is 0.259. The van der Waals surface area contributed by atoms with Crippen molar-refractivity contribution in [2.24, 2.45) is 13.0 Å². The van der Waals surface area contributed by atoms with Crippen LogP contribution >= 0.6 is 15.9 Å². The van der Waals surface area contributed by atoms with Crippen molar-refractivity contribution in [2.45, 2.75) is 18.9 Å². The number of ether oxygens (including phenoxy) is 1. The molecule has 0 radical (unpaired) electrons. The standard InChI is InChI=1S/C27H24BrN5O3/c1-32-25(26(28)30-31-32)19-14-22-23(29-15-19)20-8-7-18(27(34)35)13-21(20)33(22)24(16-5-3-2-4-6-16)17-9-11-36-12-10-17/h2-8,13-15,17,24H,9-12H2,1H3,(H,34,35). The first kappa shape index (κ1) is 22.9. The van der Waals surface area contributed by atoms with Gasteiger partial charge in [0.1, 0.15) is 5.69 Å². The van der Waals surface area contributed by atoms with Crippen LogP contribution in [0.15, 0.2) is 65.4 Å². The normalized spacial score (nSPS) is 15.5. The van der Waals surface area contributed by atoms with Crippen LogP contribution in [0.3, 0.4) is 0 Å². The van der Waals surface area contributed by atoms with Crippen molar-refractivity contribution < 1.29 is 14.6 Å². The van der Waals surface area contributed by atoms with E-state index >= 15 is 0 Å². The maximum Gasteiger partial charge on any atom is 0.335 e. The van der Waals surface area contributed by atoms with Gasteiger partial charge in [0.25, 0.3) is 0 Å². The van der Waals surface area contributed by atoms with Crippen molar-refractivity contribution in [3.8, 4) is 11.3 Å². The van der Waals surface area contributed by atoms with E-state index in [4.69, 9.17) is 9.72 Å². The number of pyridine rings is 1. The van der Waals surface area contributed by atoms with Crippen LogP contribution in [0, 0.1) is 5.92 Å². The third-order valence-electron chi connectivity index (χ3n) is 7.08. The molecular formula is C27H24BrN5O3. The van der Waals surface area contributed by atoms with Gasteiger partial charge in [0.05, 0.1) is 28.2 Å². The highest BCUT2D eigenvalue weighted by Gasteiger charge is 2.30. The summed E-state index contributed by atoms with van der Waals surface area (Å²) in [5.41, 5.74) is 5.78. The van der Waals surface area contributed by atoms with Gasteiger partial charge in [-0.3, -0.25) is 4.98 Å². The van der Waals surface area contributed by atoms with Gasteiger partial charge in [-0.05, 0) is 64.5 Å². The molecule has 1 aliphatic heterocycles. The van der Waals surface area contributed by atoms with Gasteiger partial charge in [0, 0.05) is 37.4 Å². The Morgan fingerprint density at radius 1 is 1.11 bits per heavy atom. The number of hydrogen-bond acceptors (Lipinski definition) is 5. The highest BCUT2D eigenvalue weighted by molar-refractivity contribution is 9.10. The second-order valence-electron chi connectivity index (χ2n) is 9.16. The lowest BCUT2D eigenvalue weighted by atomic mass is 9.86. The fourth-order valence-corrected chi connectivity index (χ4v) is 5.98. The van der Waals surface area contributed by atoms with Gasteiger partial charge in [0.15, 0.2) is 4.60 Å². The highest BCUT2D eigenvalue weighted by Crippen LogP contribution is 2.41. The molecular weight excluding hydrogens is 522 g/mol. The van der Waals surface area contributed by atoms with Crippen LogP contribution in [0.25, 0.3) is 33.2 Å². The zero-order chi connectivity index (χ0) is 24.8. The molecule has 0 amide bonds. The summed E-state index contributed by atoms with van der Waals surface area (Å²) < 4.78 is 10.4. The van der Waals surface area contributed by atoms with Crippen LogP contribution < -0.4 is 0 Å². The lowest BCUT2D eigenvalue weighted by Crippen LogP contribution is -2.27. The summed E-state index contributed by atoms with van der Waals surface area (Å²) in [4.78, 5) is 16.8. The predicted octanol–water partition coefficient (Wildman–Crippen LogP) is 5.46. The molecule has 3 aromatic heterocycles. The summed E-state index contributed by atoms with van der Waals surface area (Å²) in [6.07, 6.45) is 3.67. The molecule has 0 aliphatic carbocycles. The summed E-state index contributed by atoms with van der Waals surface area (Å²) in [5.74, 6) is -0.628. The first-order chi connectivity index (χ1) is 17.5. The molecule has 1 unspecified atom stereocenters. The Morgan fingerprint density at radius 2 is 1.89 bits per heavy atom. The molecule has 8 nitrogen and oxygen atoms in total. The number of aromatic carboxylic acids is 1. The number of halogens is 1. The minimum absolute atomic E-state index is 0.00991.